The molecular weight excluding hydrogens is 276 g/mol. The van der Waals surface area contributed by atoms with Crippen molar-refractivity contribution < 1.29 is 24.9 Å². The Balaban J connectivity index is 5.14. The normalized spacial score (nSPS) is 18.2. The van der Waals surface area contributed by atoms with Gasteiger partial charge in [-0.1, -0.05) is 13.8 Å². The number of carbonyl (C=O) groups is 1. The van der Waals surface area contributed by atoms with Gasteiger partial charge < -0.3 is 20.1 Å². The molecule has 0 heterocycles. The second-order valence-electron chi connectivity index (χ2n) is 3.72. The Morgan fingerprint density at radius 3 is 2.00 bits per heavy atom. The van der Waals surface area contributed by atoms with E-state index in [0.717, 1.165) is 18.6 Å². The number of hydrogen-bond acceptors (Lipinski definition) is 7. The van der Waals surface area contributed by atoms with Crippen LogP contribution >= 0.6 is 23.5 Å². The third-order valence-corrected chi connectivity index (χ3v) is 5.18. The van der Waals surface area contributed by atoms with Gasteiger partial charge in [-0.2, -0.15) is 0 Å². The fraction of sp³-hybridized carbons (Fsp3) is 0.909. The van der Waals surface area contributed by atoms with Crippen LogP contribution in [0.3, 0.4) is 0 Å². The van der Waals surface area contributed by atoms with Crippen molar-refractivity contribution in [1.82, 2.24) is 0 Å². The first-order chi connectivity index (χ1) is 8.35. The van der Waals surface area contributed by atoms with E-state index in [1.807, 2.05) is 13.8 Å². The zero-order valence-corrected chi connectivity index (χ0v) is 12.8. The molecule has 0 spiro atoms. The number of esters is 1. The smallest absolute Gasteiger partial charge is 0.343 e. The van der Waals surface area contributed by atoms with E-state index in [9.17, 15) is 20.1 Å². The minimum atomic E-state index is -2.30. The van der Waals surface area contributed by atoms with Crippen molar-refractivity contribution in [2.45, 2.75) is 43.2 Å². The van der Waals surface area contributed by atoms with Gasteiger partial charge >= 0.3 is 5.97 Å². The van der Waals surface area contributed by atoms with Crippen molar-refractivity contribution in [2.75, 3.05) is 18.6 Å². The molecule has 18 heavy (non-hydrogen) atoms. The van der Waals surface area contributed by atoms with Crippen LogP contribution in [0.15, 0.2) is 0 Å². The van der Waals surface area contributed by atoms with Gasteiger partial charge in [-0.25, -0.2) is 4.79 Å². The number of aliphatic hydroxyl groups is 3. The summed E-state index contributed by atoms with van der Waals surface area (Å²) in [7, 11) is 1.11. The SMILES string of the molecule is CCSC(SCC)[C@@H](O)[C@](O)(C(=O)OC)[C@@H](C)O. The van der Waals surface area contributed by atoms with E-state index >= 15 is 0 Å². The first-order valence-corrected chi connectivity index (χ1v) is 7.86. The molecule has 0 saturated carbocycles. The van der Waals surface area contributed by atoms with Crippen LogP contribution in [0.4, 0.5) is 0 Å². The fourth-order valence-electron chi connectivity index (χ4n) is 1.47. The number of carbonyl (C=O) groups excluding carboxylic acids is 1. The van der Waals surface area contributed by atoms with Gasteiger partial charge in [-0.05, 0) is 18.4 Å². The molecule has 7 heteroatoms. The van der Waals surface area contributed by atoms with Crippen molar-refractivity contribution in [3.63, 3.8) is 0 Å². The van der Waals surface area contributed by atoms with Gasteiger partial charge in [0.05, 0.1) is 17.8 Å². The van der Waals surface area contributed by atoms with E-state index in [1.54, 1.807) is 0 Å². The van der Waals surface area contributed by atoms with Crippen molar-refractivity contribution in [3.05, 3.63) is 0 Å². The number of rotatable bonds is 8. The van der Waals surface area contributed by atoms with E-state index in [2.05, 4.69) is 4.74 Å². The summed E-state index contributed by atoms with van der Waals surface area (Å²) in [6.07, 6.45) is -2.82. The van der Waals surface area contributed by atoms with Crippen molar-refractivity contribution in [2.24, 2.45) is 0 Å². The second-order valence-corrected chi connectivity index (χ2v) is 6.85. The molecule has 0 aromatic carbocycles. The number of thioether (sulfide) groups is 2. The lowest BCUT2D eigenvalue weighted by Crippen LogP contribution is -2.60. The van der Waals surface area contributed by atoms with E-state index in [4.69, 9.17) is 0 Å². The standard InChI is InChI=1S/C11H22O5S2/c1-5-17-9(18-6-2)8(13)11(15,7(3)12)10(14)16-4/h7-9,12-13,15H,5-6H2,1-4H3/t7-,8-,11+/m1/s1. The fourth-order valence-corrected chi connectivity index (χ4v) is 4.11. The van der Waals surface area contributed by atoms with E-state index in [-0.39, 0.29) is 0 Å². The Labute approximate surface area is 116 Å². The van der Waals surface area contributed by atoms with Crippen LogP contribution in [-0.4, -0.2) is 62.3 Å². The predicted octanol–water partition coefficient (Wildman–Crippen LogP) is 0.465. The minimum Gasteiger partial charge on any atom is -0.467 e. The average molecular weight is 298 g/mol. The van der Waals surface area contributed by atoms with Crippen LogP contribution < -0.4 is 0 Å². The largest absolute Gasteiger partial charge is 0.467 e. The van der Waals surface area contributed by atoms with Crippen LogP contribution in [0.25, 0.3) is 0 Å². The monoisotopic (exact) mass is 298 g/mol. The van der Waals surface area contributed by atoms with Crippen LogP contribution in [-0.2, 0) is 9.53 Å². The molecule has 0 amide bonds. The maximum Gasteiger partial charge on any atom is 0.343 e. The first-order valence-electron chi connectivity index (χ1n) is 5.76. The molecule has 3 atom stereocenters. The highest BCUT2D eigenvalue weighted by molar-refractivity contribution is 8.17. The summed E-state index contributed by atoms with van der Waals surface area (Å²) in [6.45, 7) is 5.09. The predicted molar refractivity (Wildman–Crippen MR) is 74.7 cm³/mol. The Kier molecular flexibility index (Phi) is 8.29. The third-order valence-electron chi connectivity index (χ3n) is 2.52. The maximum atomic E-state index is 11.6. The quantitative estimate of drug-likeness (QED) is 0.443. The summed E-state index contributed by atoms with van der Waals surface area (Å²) in [4.78, 5) is 11.6. The molecule has 0 aliphatic heterocycles. The second kappa shape index (κ2) is 8.27. The Morgan fingerprint density at radius 2 is 1.72 bits per heavy atom. The molecule has 0 saturated heterocycles. The molecule has 5 nitrogen and oxygen atoms in total. The maximum absolute atomic E-state index is 11.6. The summed E-state index contributed by atoms with van der Waals surface area (Å²) in [5.74, 6) is 0.431. The van der Waals surface area contributed by atoms with Gasteiger partial charge in [0.15, 0.2) is 0 Å². The van der Waals surface area contributed by atoms with Gasteiger partial charge in [0.25, 0.3) is 0 Å². The number of aliphatic hydroxyl groups excluding tert-OH is 2. The summed E-state index contributed by atoms with van der Waals surface area (Å²) in [5, 5.41) is 30.1. The molecule has 0 aromatic rings. The molecule has 0 rings (SSSR count). The van der Waals surface area contributed by atoms with E-state index < -0.39 is 28.4 Å². The zero-order chi connectivity index (χ0) is 14.3. The van der Waals surface area contributed by atoms with Crippen molar-refractivity contribution >= 4 is 29.5 Å². The topological polar surface area (TPSA) is 87.0 Å². The number of hydrogen-bond donors (Lipinski definition) is 3. The van der Waals surface area contributed by atoms with Gasteiger partial charge in [-0.3, -0.25) is 0 Å². The molecule has 108 valence electrons. The lowest BCUT2D eigenvalue weighted by atomic mass is 9.92. The molecule has 0 fully saturated rings. The Morgan fingerprint density at radius 1 is 1.28 bits per heavy atom. The lowest BCUT2D eigenvalue weighted by Gasteiger charge is -2.36. The molecule has 0 bridgehead atoms. The summed E-state index contributed by atoms with van der Waals surface area (Å²) < 4.78 is 4.07. The molecule has 0 aliphatic carbocycles. The number of ether oxygens (including phenoxy) is 1. The summed E-state index contributed by atoms with van der Waals surface area (Å²) >= 11 is 2.83. The Bertz CT molecular complexity index is 256. The van der Waals surface area contributed by atoms with Crippen LogP contribution in [0.2, 0.25) is 0 Å². The third kappa shape index (κ3) is 4.03. The van der Waals surface area contributed by atoms with Crippen LogP contribution in [0.5, 0.6) is 0 Å². The van der Waals surface area contributed by atoms with Gasteiger partial charge in [-0.15, -0.1) is 23.5 Å². The summed E-state index contributed by atoms with van der Waals surface area (Å²) in [6, 6.07) is 0. The molecule has 0 aliphatic rings. The summed E-state index contributed by atoms with van der Waals surface area (Å²) in [5.41, 5.74) is -2.30. The van der Waals surface area contributed by atoms with Gasteiger partial charge in [0.2, 0.25) is 5.60 Å². The number of methoxy groups -OCH3 is 1. The van der Waals surface area contributed by atoms with Crippen LogP contribution in [0, 0.1) is 0 Å². The minimum absolute atomic E-state index is 0.404. The highest BCUT2D eigenvalue weighted by Crippen LogP contribution is 2.33. The van der Waals surface area contributed by atoms with Gasteiger partial charge in [0, 0.05) is 0 Å². The molecule has 3 N–H and O–H groups in total. The first kappa shape index (κ1) is 18.0. The molecule has 0 radical (unpaired) electrons. The van der Waals surface area contributed by atoms with Crippen molar-refractivity contribution in [3.8, 4) is 0 Å². The Hall–Kier alpha value is 0.0500. The highest BCUT2D eigenvalue weighted by atomic mass is 32.2. The average Bonchev–Trinajstić information content (AvgIpc) is 2.35. The highest BCUT2D eigenvalue weighted by Gasteiger charge is 2.52. The molecule has 0 unspecified atom stereocenters. The molecule has 0 aromatic heterocycles. The van der Waals surface area contributed by atoms with E-state index in [0.29, 0.717) is 0 Å². The van der Waals surface area contributed by atoms with Crippen LogP contribution in [0.1, 0.15) is 20.8 Å². The van der Waals surface area contributed by atoms with Gasteiger partial charge in [0.1, 0.15) is 6.10 Å². The molecular formula is C11H22O5S2. The zero-order valence-electron chi connectivity index (χ0n) is 11.1. The van der Waals surface area contributed by atoms with E-state index in [1.165, 1.54) is 30.4 Å². The lowest BCUT2D eigenvalue weighted by molar-refractivity contribution is -0.191. The van der Waals surface area contributed by atoms with Crippen molar-refractivity contribution in [1.29, 1.82) is 0 Å².